The standard InChI is InChI=1S/C25H29N3O6S/c1-14(2)22(27-23(29)16-9-17(31-3)12-18(10-16)32-4)24(30)28-25-26-19(13-35-25)15-7-8-20(33-5)21(11-15)34-6/h7-14,22H,1-6H3,(H,27,29)(H,26,28,30)/t22-/m1/s1. The van der Waals surface area contributed by atoms with E-state index in [0.29, 0.717) is 39.4 Å². The minimum atomic E-state index is -0.784. The molecule has 1 heterocycles. The Balaban J connectivity index is 1.74. The lowest BCUT2D eigenvalue weighted by Crippen LogP contribution is -2.47. The number of hydrogen-bond donors (Lipinski definition) is 2. The first-order chi connectivity index (χ1) is 16.8. The molecule has 0 radical (unpaired) electrons. The van der Waals surface area contributed by atoms with Crippen LogP contribution in [-0.4, -0.2) is 51.3 Å². The topological polar surface area (TPSA) is 108 Å². The van der Waals surface area contributed by atoms with Gasteiger partial charge in [0.05, 0.1) is 34.1 Å². The fourth-order valence-corrected chi connectivity index (χ4v) is 4.06. The lowest BCUT2D eigenvalue weighted by Gasteiger charge is -2.21. The Morgan fingerprint density at radius 1 is 0.886 bits per heavy atom. The van der Waals surface area contributed by atoms with Crippen LogP contribution in [-0.2, 0) is 4.79 Å². The van der Waals surface area contributed by atoms with Gasteiger partial charge in [0.1, 0.15) is 17.5 Å². The SMILES string of the molecule is COc1cc(OC)cc(C(=O)N[C@@H](C(=O)Nc2nc(-c3ccc(OC)c(OC)c3)cs2)C(C)C)c1. The first-order valence-electron chi connectivity index (χ1n) is 10.8. The average Bonchev–Trinajstić information content (AvgIpc) is 3.34. The molecule has 2 N–H and O–H groups in total. The summed E-state index contributed by atoms with van der Waals surface area (Å²) >= 11 is 1.29. The molecule has 35 heavy (non-hydrogen) atoms. The number of ether oxygens (including phenoxy) is 4. The summed E-state index contributed by atoms with van der Waals surface area (Å²) in [5.74, 6) is 1.20. The number of aromatic nitrogens is 1. The van der Waals surface area contributed by atoms with Crippen LogP contribution in [0.5, 0.6) is 23.0 Å². The number of anilines is 1. The highest BCUT2D eigenvalue weighted by molar-refractivity contribution is 7.14. The fourth-order valence-electron chi connectivity index (χ4n) is 3.34. The maximum atomic E-state index is 13.1. The van der Waals surface area contributed by atoms with Crippen LogP contribution in [0.2, 0.25) is 0 Å². The van der Waals surface area contributed by atoms with Crippen LogP contribution in [0.1, 0.15) is 24.2 Å². The molecule has 186 valence electrons. The molecule has 2 amide bonds. The lowest BCUT2D eigenvalue weighted by molar-refractivity contribution is -0.118. The molecule has 0 aliphatic carbocycles. The number of hydrogen-bond acceptors (Lipinski definition) is 8. The molecule has 1 atom stereocenters. The molecule has 2 aromatic carbocycles. The third kappa shape index (κ3) is 6.21. The van der Waals surface area contributed by atoms with Gasteiger partial charge in [-0.25, -0.2) is 4.98 Å². The summed E-state index contributed by atoms with van der Waals surface area (Å²) in [5, 5.41) is 7.88. The number of amides is 2. The normalized spacial score (nSPS) is 11.5. The summed E-state index contributed by atoms with van der Waals surface area (Å²) in [4.78, 5) is 30.5. The average molecular weight is 500 g/mol. The fraction of sp³-hybridized carbons (Fsp3) is 0.320. The zero-order valence-electron chi connectivity index (χ0n) is 20.5. The van der Waals surface area contributed by atoms with Gasteiger partial charge < -0.3 is 29.6 Å². The molecular weight excluding hydrogens is 470 g/mol. The number of carbonyl (C=O) groups excluding carboxylic acids is 2. The molecular formula is C25H29N3O6S. The molecule has 1 aromatic heterocycles. The molecule has 3 rings (SSSR count). The van der Waals surface area contributed by atoms with Gasteiger partial charge in [0.25, 0.3) is 5.91 Å². The van der Waals surface area contributed by atoms with Crippen LogP contribution in [0.3, 0.4) is 0 Å². The van der Waals surface area contributed by atoms with Crippen molar-refractivity contribution in [3.8, 4) is 34.3 Å². The highest BCUT2D eigenvalue weighted by atomic mass is 32.1. The molecule has 0 saturated carbocycles. The van der Waals surface area contributed by atoms with E-state index in [-0.39, 0.29) is 11.8 Å². The Hall–Kier alpha value is -3.79. The Bertz CT molecular complexity index is 1170. The van der Waals surface area contributed by atoms with Crippen LogP contribution in [0.4, 0.5) is 5.13 Å². The van der Waals surface area contributed by atoms with Gasteiger partial charge in [-0.1, -0.05) is 13.8 Å². The van der Waals surface area contributed by atoms with Gasteiger partial charge in [-0.05, 0) is 36.2 Å². The molecule has 0 bridgehead atoms. The Morgan fingerprint density at radius 3 is 2.11 bits per heavy atom. The number of nitrogens with zero attached hydrogens (tertiary/aromatic N) is 1. The number of thiazole rings is 1. The molecule has 0 fully saturated rings. The summed E-state index contributed by atoms with van der Waals surface area (Å²) in [6.07, 6.45) is 0. The van der Waals surface area contributed by atoms with Crippen LogP contribution in [0.15, 0.2) is 41.8 Å². The van der Waals surface area contributed by atoms with Gasteiger partial charge in [-0.15, -0.1) is 11.3 Å². The van der Waals surface area contributed by atoms with Crippen LogP contribution in [0.25, 0.3) is 11.3 Å². The van der Waals surface area contributed by atoms with Crippen LogP contribution >= 0.6 is 11.3 Å². The summed E-state index contributed by atoms with van der Waals surface area (Å²) < 4.78 is 21.1. The number of rotatable bonds is 10. The largest absolute Gasteiger partial charge is 0.497 e. The van der Waals surface area contributed by atoms with Crippen LogP contribution < -0.4 is 29.6 Å². The number of carbonyl (C=O) groups is 2. The lowest BCUT2D eigenvalue weighted by atomic mass is 10.0. The van der Waals surface area contributed by atoms with Crippen molar-refractivity contribution in [2.75, 3.05) is 33.8 Å². The van der Waals surface area contributed by atoms with E-state index in [0.717, 1.165) is 5.56 Å². The van der Waals surface area contributed by atoms with E-state index in [1.54, 1.807) is 38.5 Å². The van der Waals surface area contributed by atoms with E-state index in [4.69, 9.17) is 18.9 Å². The van der Waals surface area contributed by atoms with Gasteiger partial charge in [0.2, 0.25) is 5.91 Å². The van der Waals surface area contributed by atoms with Crippen molar-refractivity contribution in [1.29, 1.82) is 0 Å². The van der Waals surface area contributed by atoms with E-state index in [1.807, 2.05) is 31.4 Å². The minimum Gasteiger partial charge on any atom is -0.497 e. The Kier molecular flexibility index (Phi) is 8.53. The van der Waals surface area contributed by atoms with Gasteiger partial charge in [-0.2, -0.15) is 0 Å². The van der Waals surface area contributed by atoms with Gasteiger partial charge >= 0.3 is 0 Å². The second-order valence-electron chi connectivity index (χ2n) is 7.89. The first-order valence-corrected chi connectivity index (χ1v) is 11.7. The van der Waals surface area contributed by atoms with Gasteiger partial charge in [0, 0.05) is 22.6 Å². The summed E-state index contributed by atoms with van der Waals surface area (Å²) in [6, 6.07) is 9.53. The smallest absolute Gasteiger partial charge is 0.252 e. The molecule has 0 aliphatic rings. The summed E-state index contributed by atoms with van der Waals surface area (Å²) in [7, 11) is 6.15. The third-order valence-electron chi connectivity index (χ3n) is 5.26. The zero-order valence-corrected chi connectivity index (χ0v) is 21.3. The highest BCUT2D eigenvalue weighted by Gasteiger charge is 2.26. The molecule has 3 aromatic rings. The second-order valence-corrected chi connectivity index (χ2v) is 8.75. The van der Waals surface area contributed by atoms with Crippen molar-refractivity contribution in [3.05, 3.63) is 47.3 Å². The number of benzene rings is 2. The predicted octanol–water partition coefficient (Wildman–Crippen LogP) is 4.24. The summed E-state index contributed by atoms with van der Waals surface area (Å²) in [6.45, 7) is 3.71. The molecule has 0 saturated heterocycles. The van der Waals surface area contributed by atoms with Crippen molar-refractivity contribution in [2.24, 2.45) is 5.92 Å². The molecule has 0 unspecified atom stereocenters. The Labute approximate surface area is 208 Å². The maximum absolute atomic E-state index is 13.1. The molecule has 9 nitrogen and oxygen atoms in total. The van der Waals surface area contributed by atoms with Crippen molar-refractivity contribution in [2.45, 2.75) is 19.9 Å². The van der Waals surface area contributed by atoms with E-state index in [9.17, 15) is 9.59 Å². The van der Waals surface area contributed by atoms with E-state index in [1.165, 1.54) is 25.6 Å². The van der Waals surface area contributed by atoms with Gasteiger partial charge in [-0.3, -0.25) is 9.59 Å². The summed E-state index contributed by atoms with van der Waals surface area (Å²) in [5.41, 5.74) is 1.82. The number of nitrogens with one attached hydrogen (secondary N) is 2. The highest BCUT2D eigenvalue weighted by Crippen LogP contribution is 2.33. The van der Waals surface area contributed by atoms with E-state index < -0.39 is 11.9 Å². The monoisotopic (exact) mass is 499 g/mol. The van der Waals surface area contributed by atoms with Crippen molar-refractivity contribution in [3.63, 3.8) is 0 Å². The van der Waals surface area contributed by atoms with E-state index in [2.05, 4.69) is 15.6 Å². The predicted molar refractivity (Wildman–Crippen MR) is 135 cm³/mol. The van der Waals surface area contributed by atoms with Crippen molar-refractivity contribution in [1.82, 2.24) is 10.3 Å². The first kappa shape index (κ1) is 25.8. The Morgan fingerprint density at radius 2 is 1.54 bits per heavy atom. The number of methoxy groups -OCH3 is 4. The third-order valence-corrected chi connectivity index (χ3v) is 6.02. The van der Waals surface area contributed by atoms with Crippen LogP contribution in [0, 0.1) is 5.92 Å². The minimum absolute atomic E-state index is 0.170. The quantitative estimate of drug-likeness (QED) is 0.430. The molecule has 10 heteroatoms. The van der Waals surface area contributed by atoms with Crippen molar-refractivity contribution < 1.29 is 28.5 Å². The van der Waals surface area contributed by atoms with E-state index >= 15 is 0 Å². The van der Waals surface area contributed by atoms with Crippen molar-refractivity contribution >= 4 is 28.3 Å². The maximum Gasteiger partial charge on any atom is 0.252 e. The zero-order chi connectivity index (χ0) is 25.5. The molecule has 0 spiro atoms. The van der Waals surface area contributed by atoms with Gasteiger partial charge in [0.15, 0.2) is 16.6 Å². The molecule has 0 aliphatic heterocycles. The second kappa shape index (κ2) is 11.6.